The van der Waals surface area contributed by atoms with Crippen LogP contribution in [0.2, 0.25) is 0 Å². The molecule has 0 aliphatic carbocycles. The maximum atomic E-state index is 12.2. The number of nitrogens with one attached hydrogen (secondary N) is 2. The molecule has 0 spiro atoms. The van der Waals surface area contributed by atoms with Crippen LogP contribution in [0.4, 0.5) is 5.69 Å². The Bertz CT molecular complexity index is 571. The minimum atomic E-state index is -0.503. The number of carbonyl (C=O) groups is 2. The third-order valence-electron chi connectivity index (χ3n) is 4.10. The Morgan fingerprint density at radius 2 is 2.13 bits per heavy atom. The molecule has 1 aromatic carbocycles. The second kappa shape index (κ2) is 7.99. The average molecular weight is 317 g/mol. The second-order valence-electron chi connectivity index (χ2n) is 6.24. The van der Waals surface area contributed by atoms with Gasteiger partial charge in [-0.1, -0.05) is 24.6 Å². The van der Waals surface area contributed by atoms with Crippen molar-refractivity contribution < 1.29 is 9.59 Å². The third-order valence-corrected chi connectivity index (χ3v) is 4.10. The Morgan fingerprint density at radius 1 is 1.35 bits per heavy atom. The van der Waals surface area contributed by atoms with Crippen molar-refractivity contribution in [3.05, 3.63) is 29.3 Å². The first kappa shape index (κ1) is 17.3. The van der Waals surface area contributed by atoms with Crippen LogP contribution >= 0.6 is 0 Å². The number of rotatable bonds is 6. The fourth-order valence-electron chi connectivity index (χ4n) is 2.90. The lowest BCUT2D eigenvalue weighted by Gasteiger charge is -2.31. The predicted molar refractivity (Wildman–Crippen MR) is 92.6 cm³/mol. The molecule has 2 rings (SSSR count). The summed E-state index contributed by atoms with van der Waals surface area (Å²) in [5.41, 5.74) is 3.69. The maximum Gasteiger partial charge on any atom is 0.242 e. The number of aryl methyl sites for hydroxylation is 2. The molecule has 5 nitrogen and oxygen atoms in total. The van der Waals surface area contributed by atoms with Crippen LogP contribution in [0.5, 0.6) is 0 Å². The number of anilines is 1. The van der Waals surface area contributed by atoms with Gasteiger partial charge in [-0.25, -0.2) is 0 Å². The first-order valence-electron chi connectivity index (χ1n) is 8.42. The molecule has 0 bridgehead atoms. The molecule has 5 heteroatoms. The van der Waals surface area contributed by atoms with Crippen LogP contribution in [0.25, 0.3) is 0 Å². The molecule has 1 atom stereocenters. The van der Waals surface area contributed by atoms with E-state index in [1.807, 2.05) is 6.92 Å². The lowest BCUT2D eigenvalue weighted by molar-refractivity contribution is -0.127. The number of amides is 2. The predicted octanol–water partition coefficient (Wildman–Crippen LogP) is 1.78. The third kappa shape index (κ3) is 4.71. The van der Waals surface area contributed by atoms with Crippen molar-refractivity contribution >= 4 is 17.5 Å². The van der Waals surface area contributed by atoms with E-state index in [-0.39, 0.29) is 11.8 Å². The Labute approximate surface area is 138 Å². The summed E-state index contributed by atoms with van der Waals surface area (Å²) in [7, 11) is 0. The summed E-state index contributed by atoms with van der Waals surface area (Å²) in [4.78, 5) is 26.2. The van der Waals surface area contributed by atoms with Crippen molar-refractivity contribution in [1.82, 2.24) is 10.6 Å². The lowest BCUT2D eigenvalue weighted by atomic mass is 9.99. The molecule has 0 saturated carbocycles. The van der Waals surface area contributed by atoms with E-state index in [0.29, 0.717) is 13.1 Å². The molecule has 126 valence electrons. The van der Waals surface area contributed by atoms with Crippen LogP contribution in [0.3, 0.4) is 0 Å². The smallest absolute Gasteiger partial charge is 0.242 e. The van der Waals surface area contributed by atoms with E-state index in [1.54, 1.807) is 6.92 Å². The van der Waals surface area contributed by atoms with Crippen molar-refractivity contribution in [2.75, 3.05) is 24.5 Å². The topological polar surface area (TPSA) is 61.4 Å². The summed E-state index contributed by atoms with van der Waals surface area (Å²) in [5.74, 6) is -0.243. The maximum absolute atomic E-state index is 12.2. The van der Waals surface area contributed by atoms with Crippen molar-refractivity contribution in [2.24, 2.45) is 0 Å². The number of benzene rings is 1. The van der Waals surface area contributed by atoms with E-state index in [1.165, 1.54) is 11.1 Å². The Balaban J connectivity index is 1.93. The molecule has 23 heavy (non-hydrogen) atoms. The van der Waals surface area contributed by atoms with Crippen molar-refractivity contribution in [3.8, 4) is 0 Å². The van der Waals surface area contributed by atoms with Gasteiger partial charge in [-0.3, -0.25) is 9.59 Å². The normalized spacial score (nSPS) is 14.8. The van der Waals surface area contributed by atoms with Crippen LogP contribution in [0.1, 0.15) is 37.8 Å². The van der Waals surface area contributed by atoms with Gasteiger partial charge in [0.15, 0.2) is 0 Å². The number of hydrogen-bond acceptors (Lipinski definition) is 3. The zero-order valence-electron chi connectivity index (χ0n) is 14.3. The largest absolute Gasteiger partial charge is 0.362 e. The zero-order valence-corrected chi connectivity index (χ0v) is 14.3. The summed E-state index contributed by atoms with van der Waals surface area (Å²) >= 11 is 0. The number of nitrogens with zero attached hydrogens (tertiary/aromatic N) is 1. The summed E-state index contributed by atoms with van der Waals surface area (Å²) in [6.07, 6.45) is 3.00. The molecular formula is C18H27N3O2. The minimum absolute atomic E-state index is 0.113. The SMILES string of the molecule is CCCNC(=O)[C@H](C)NC(=O)CN1CCCc2cc(C)ccc21. The van der Waals surface area contributed by atoms with Gasteiger partial charge in [0.2, 0.25) is 11.8 Å². The Hall–Kier alpha value is -2.04. The van der Waals surface area contributed by atoms with Crippen LogP contribution in [-0.4, -0.2) is 37.5 Å². The molecular weight excluding hydrogens is 290 g/mol. The van der Waals surface area contributed by atoms with Crippen molar-refractivity contribution in [3.63, 3.8) is 0 Å². The van der Waals surface area contributed by atoms with Crippen LogP contribution in [0.15, 0.2) is 18.2 Å². The highest BCUT2D eigenvalue weighted by molar-refractivity contribution is 5.89. The molecule has 1 aromatic rings. The van der Waals surface area contributed by atoms with E-state index < -0.39 is 6.04 Å². The molecule has 0 radical (unpaired) electrons. The van der Waals surface area contributed by atoms with Gasteiger partial charge in [-0.15, -0.1) is 0 Å². The van der Waals surface area contributed by atoms with Gasteiger partial charge in [0.25, 0.3) is 0 Å². The highest BCUT2D eigenvalue weighted by Gasteiger charge is 2.21. The zero-order chi connectivity index (χ0) is 16.8. The molecule has 0 saturated heterocycles. The Kier molecular flexibility index (Phi) is 6.02. The van der Waals surface area contributed by atoms with Gasteiger partial charge in [0.1, 0.15) is 6.04 Å². The Morgan fingerprint density at radius 3 is 2.87 bits per heavy atom. The minimum Gasteiger partial charge on any atom is -0.362 e. The highest BCUT2D eigenvalue weighted by Crippen LogP contribution is 2.27. The van der Waals surface area contributed by atoms with Crippen molar-refractivity contribution in [2.45, 2.75) is 46.1 Å². The van der Waals surface area contributed by atoms with Crippen LogP contribution < -0.4 is 15.5 Å². The number of fused-ring (bicyclic) bond motifs is 1. The van der Waals surface area contributed by atoms with Crippen LogP contribution in [0, 0.1) is 6.92 Å². The van der Waals surface area contributed by atoms with Crippen molar-refractivity contribution in [1.29, 1.82) is 0 Å². The first-order chi connectivity index (χ1) is 11.0. The van der Waals surface area contributed by atoms with Gasteiger partial charge in [-0.05, 0) is 44.7 Å². The highest BCUT2D eigenvalue weighted by atomic mass is 16.2. The second-order valence-corrected chi connectivity index (χ2v) is 6.24. The van der Waals surface area contributed by atoms with Gasteiger partial charge >= 0.3 is 0 Å². The first-order valence-corrected chi connectivity index (χ1v) is 8.42. The van der Waals surface area contributed by atoms with Gasteiger partial charge in [0.05, 0.1) is 6.54 Å². The lowest BCUT2D eigenvalue weighted by Crippen LogP contribution is -2.48. The molecule has 1 aliphatic heterocycles. The standard InChI is InChI=1S/C18H27N3O2/c1-4-9-19-18(23)14(3)20-17(22)12-21-10-5-6-15-11-13(2)7-8-16(15)21/h7-8,11,14H,4-6,9-10,12H2,1-3H3,(H,19,23)(H,20,22)/t14-/m0/s1. The monoisotopic (exact) mass is 317 g/mol. The summed E-state index contributed by atoms with van der Waals surface area (Å²) in [5, 5.41) is 5.58. The van der Waals surface area contributed by atoms with Crippen LogP contribution in [-0.2, 0) is 16.0 Å². The van der Waals surface area contributed by atoms with E-state index in [4.69, 9.17) is 0 Å². The van der Waals surface area contributed by atoms with E-state index in [9.17, 15) is 9.59 Å². The molecule has 0 aromatic heterocycles. The fourth-order valence-corrected chi connectivity index (χ4v) is 2.90. The quantitative estimate of drug-likeness (QED) is 0.841. The van der Waals surface area contributed by atoms with E-state index in [0.717, 1.165) is 31.5 Å². The van der Waals surface area contributed by atoms with Gasteiger partial charge in [0, 0.05) is 18.8 Å². The van der Waals surface area contributed by atoms with E-state index in [2.05, 4.69) is 40.7 Å². The van der Waals surface area contributed by atoms with E-state index >= 15 is 0 Å². The van der Waals surface area contributed by atoms with Gasteiger partial charge in [-0.2, -0.15) is 0 Å². The fraction of sp³-hybridized carbons (Fsp3) is 0.556. The summed E-state index contributed by atoms with van der Waals surface area (Å²) in [6.45, 7) is 7.61. The molecule has 0 unspecified atom stereocenters. The summed E-state index contributed by atoms with van der Waals surface area (Å²) in [6, 6.07) is 5.86. The molecule has 2 amide bonds. The molecule has 1 aliphatic rings. The number of carbonyl (C=O) groups excluding carboxylic acids is 2. The molecule has 2 N–H and O–H groups in total. The molecule has 1 heterocycles. The average Bonchev–Trinajstić information content (AvgIpc) is 2.52. The number of hydrogen-bond donors (Lipinski definition) is 2. The molecule has 0 fully saturated rings. The summed E-state index contributed by atoms with van der Waals surface area (Å²) < 4.78 is 0. The van der Waals surface area contributed by atoms with Gasteiger partial charge < -0.3 is 15.5 Å².